The summed E-state index contributed by atoms with van der Waals surface area (Å²) in [5.41, 5.74) is -0.405. The second kappa shape index (κ2) is 6.36. The number of nitrogens with one attached hydrogen (secondary N) is 1. The van der Waals surface area contributed by atoms with Gasteiger partial charge in [-0.05, 0) is 19.1 Å². The van der Waals surface area contributed by atoms with Crippen molar-refractivity contribution in [1.82, 2.24) is 9.97 Å². The fourth-order valence-electron chi connectivity index (χ4n) is 1.89. The lowest BCUT2D eigenvalue weighted by molar-refractivity contribution is -0.137. The molecule has 0 fully saturated rings. The lowest BCUT2D eigenvalue weighted by Gasteiger charge is -2.13. The van der Waals surface area contributed by atoms with Crippen LogP contribution in [0.1, 0.15) is 18.3 Å². The van der Waals surface area contributed by atoms with Crippen molar-refractivity contribution in [2.45, 2.75) is 19.7 Å². The molecule has 1 N–H and O–H groups in total. The molecule has 1 aromatic carbocycles. The predicted octanol–water partition coefficient (Wildman–Crippen LogP) is 4.36. The van der Waals surface area contributed by atoms with Gasteiger partial charge in [0.05, 0.1) is 11.3 Å². The number of benzene rings is 1. The van der Waals surface area contributed by atoms with Crippen LogP contribution in [0.5, 0.6) is 0 Å². The number of H-pyrrole nitrogens is 1. The normalized spacial score (nSPS) is 11.6. The number of hydrogen-bond donors (Lipinski definition) is 1. The number of halogens is 3. The molecule has 112 valence electrons. The maximum Gasteiger partial charge on any atom is 0.417 e. The highest BCUT2D eigenvalue weighted by Gasteiger charge is 2.33. The van der Waals surface area contributed by atoms with Crippen molar-refractivity contribution in [3.8, 4) is 11.3 Å². The van der Waals surface area contributed by atoms with E-state index in [-0.39, 0.29) is 22.5 Å². The molecule has 0 saturated carbocycles. The van der Waals surface area contributed by atoms with Crippen molar-refractivity contribution in [3.63, 3.8) is 0 Å². The standard InChI is InChI=1S/C14H13F3N2OS/c1-2-20-8-12-18-11(7-13(21)19-12)9-5-3-4-6-10(9)14(15,16)17/h3-7H,2,8H2,1H3,(H,18,19,21). The lowest BCUT2D eigenvalue weighted by Crippen LogP contribution is -2.08. The zero-order chi connectivity index (χ0) is 15.5. The number of aromatic amines is 1. The highest BCUT2D eigenvalue weighted by Crippen LogP contribution is 2.36. The monoisotopic (exact) mass is 314 g/mol. The molecule has 7 heteroatoms. The molecule has 0 saturated heterocycles. The Kier molecular flexibility index (Phi) is 4.74. The predicted molar refractivity (Wildman–Crippen MR) is 75.2 cm³/mol. The Balaban J connectivity index is 2.52. The van der Waals surface area contributed by atoms with Crippen molar-refractivity contribution in [2.75, 3.05) is 6.61 Å². The van der Waals surface area contributed by atoms with Gasteiger partial charge in [0.1, 0.15) is 17.1 Å². The minimum Gasteiger partial charge on any atom is -0.374 e. The first kappa shape index (κ1) is 15.7. The van der Waals surface area contributed by atoms with E-state index < -0.39 is 11.7 Å². The third-order valence-corrected chi connectivity index (χ3v) is 2.97. The van der Waals surface area contributed by atoms with Gasteiger partial charge in [-0.1, -0.05) is 30.4 Å². The molecule has 3 nitrogen and oxygen atoms in total. The molecule has 1 heterocycles. The summed E-state index contributed by atoms with van der Waals surface area (Å²) < 4.78 is 44.6. The number of nitrogens with zero attached hydrogens (tertiary/aromatic N) is 1. The molecule has 0 atom stereocenters. The molecule has 21 heavy (non-hydrogen) atoms. The van der Waals surface area contributed by atoms with Gasteiger partial charge in [0.2, 0.25) is 0 Å². The minimum absolute atomic E-state index is 0.0382. The zero-order valence-electron chi connectivity index (χ0n) is 11.2. The summed E-state index contributed by atoms with van der Waals surface area (Å²) >= 11 is 5.01. The molecule has 0 unspecified atom stereocenters. The van der Waals surface area contributed by atoms with E-state index in [1.54, 1.807) is 6.07 Å². The number of alkyl halides is 3. The van der Waals surface area contributed by atoms with Crippen LogP contribution in [0.25, 0.3) is 11.3 Å². The van der Waals surface area contributed by atoms with Gasteiger partial charge < -0.3 is 9.72 Å². The molecule has 2 aromatic rings. The van der Waals surface area contributed by atoms with Gasteiger partial charge in [-0.2, -0.15) is 13.2 Å². The molecule has 0 aliphatic rings. The summed E-state index contributed by atoms with van der Waals surface area (Å²) in [4.78, 5) is 6.89. The summed E-state index contributed by atoms with van der Waals surface area (Å²) in [6, 6.07) is 6.74. The first-order chi connectivity index (χ1) is 9.91. The van der Waals surface area contributed by atoms with Crippen LogP contribution in [0.4, 0.5) is 13.2 Å². The van der Waals surface area contributed by atoms with E-state index in [0.717, 1.165) is 6.07 Å². The highest BCUT2D eigenvalue weighted by atomic mass is 32.1. The highest BCUT2D eigenvalue weighted by molar-refractivity contribution is 7.71. The van der Waals surface area contributed by atoms with Crippen LogP contribution in [-0.2, 0) is 17.5 Å². The third-order valence-electron chi connectivity index (χ3n) is 2.76. The summed E-state index contributed by atoms with van der Waals surface area (Å²) in [6.07, 6.45) is -4.44. The average Bonchev–Trinajstić information content (AvgIpc) is 2.43. The van der Waals surface area contributed by atoms with Crippen molar-refractivity contribution in [1.29, 1.82) is 0 Å². The fourth-order valence-corrected chi connectivity index (χ4v) is 2.11. The van der Waals surface area contributed by atoms with Crippen molar-refractivity contribution in [3.05, 3.63) is 46.4 Å². The minimum atomic E-state index is -4.44. The summed E-state index contributed by atoms with van der Waals surface area (Å²) in [5.74, 6) is 0.399. The second-order valence-electron chi connectivity index (χ2n) is 4.26. The van der Waals surface area contributed by atoms with Crippen LogP contribution in [0, 0.1) is 4.64 Å². The van der Waals surface area contributed by atoms with E-state index in [0.29, 0.717) is 12.4 Å². The van der Waals surface area contributed by atoms with Crippen molar-refractivity contribution < 1.29 is 17.9 Å². The Morgan fingerprint density at radius 2 is 2.00 bits per heavy atom. The van der Waals surface area contributed by atoms with Gasteiger partial charge in [-0.15, -0.1) is 0 Å². The van der Waals surface area contributed by atoms with Gasteiger partial charge >= 0.3 is 6.18 Å². The maximum absolute atomic E-state index is 13.1. The topological polar surface area (TPSA) is 37.9 Å². The first-order valence-corrected chi connectivity index (χ1v) is 6.67. The van der Waals surface area contributed by atoms with Crippen LogP contribution < -0.4 is 0 Å². The van der Waals surface area contributed by atoms with Gasteiger partial charge in [0.25, 0.3) is 0 Å². The van der Waals surface area contributed by atoms with Gasteiger partial charge in [-0.3, -0.25) is 0 Å². The zero-order valence-corrected chi connectivity index (χ0v) is 12.0. The summed E-state index contributed by atoms with van der Waals surface area (Å²) in [7, 11) is 0. The summed E-state index contributed by atoms with van der Waals surface area (Å²) in [5, 5.41) is 0. The number of ether oxygens (including phenoxy) is 1. The Labute approximate surface area is 124 Å². The molecule has 1 aromatic heterocycles. The SMILES string of the molecule is CCOCc1nc(=S)cc(-c2ccccc2C(F)(F)F)[nH]1. The molecule has 0 spiro atoms. The quantitative estimate of drug-likeness (QED) is 0.852. The lowest BCUT2D eigenvalue weighted by atomic mass is 10.0. The van der Waals surface area contributed by atoms with Crippen LogP contribution in [0.15, 0.2) is 30.3 Å². The van der Waals surface area contributed by atoms with E-state index in [1.807, 2.05) is 6.92 Å². The Morgan fingerprint density at radius 3 is 2.67 bits per heavy atom. The van der Waals surface area contributed by atoms with Crippen LogP contribution in [0.3, 0.4) is 0 Å². The average molecular weight is 314 g/mol. The molecule has 0 aliphatic carbocycles. The number of hydrogen-bond acceptors (Lipinski definition) is 3. The van der Waals surface area contributed by atoms with E-state index in [9.17, 15) is 13.2 Å². The van der Waals surface area contributed by atoms with Crippen LogP contribution >= 0.6 is 12.2 Å². The number of aromatic nitrogens is 2. The maximum atomic E-state index is 13.1. The van der Waals surface area contributed by atoms with Gasteiger partial charge in [0, 0.05) is 12.2 Å². The second-order valence-corrected chi connectivity index (χ2v) is 4.68. The third kappa shape index (κ3) is 3.89. The van der Waals surface area contributed by atoms with E-state index in [1.165, 1.54) is 18.2 Å². The van der Waals surface area contributed by atoms with Gasteiger partial charge in [0.15, 0.2) is 0 Å². The summed E-state index contributed by atoms with van der Waals surface area (Å²) in [6.45, 7) is 2.46. The molecule has 2 rings (SSSR count). The largest absolute Gasteiger partial charge is 0.417 e. The van der Waals surface area contributed by atoms with Gasteiger partial charge in [-0.25, -0.2) is 4.98 Å². The Morgan fingerprint density at radius 1 is 1.29 bits per heavy atom. The molecular formula is C14H13F3N2OS. The smallest absolute Gasteiger partial charge is 0.374 e. The molecule has 0 amide bonds. The first-order valence-electron chi connectivity index (χ1n) is 6.26. The van der Waals surface area contributed by atoms with E-state index >= 15 is 0 Å². The Bertz CT molecular complexity index is 682. The fraction of sp³-hybridized carbons (Fsp3) is 0.286. The van der Waals surface area contributed by atoms with Crippen molar-refractivity contribution in [2.24, 2.45) is 0 Å². The van der Waals surface area contributed by atoms with Crippen LogP contribution in [-0.4, -0.2) is 16.6 Å². The molecule has 0 aliphatic heterocycles. The van der Waals surface area contributed by atoms with E-state index in [2.05, 4.69) is 9.97 Å². The molecular weight excluding hydrogens is 301 g/mol. The number of rotatable bonds is 4. The molecule has 0 radical (unpaired) electrons. The van der Waals surface area contributed by atoms with Crippen molar-refractivity contribution >= 4 is 12.2 Å². The molecule has 0 bridgehead atoms. The van der Waals surface area contributed by atoms with E-state index in [4.69, 9.17) is 17.0 Å². The van der Waals surface area contributed by atoms with Crippen LogP contribution in [0.2, 0.25) is 0 Å². The Hall–Kier alpha value is -1.73.